The van der Waals surface area contributed by atoms with Crippen LogP contribution in [0, 0.1) is 0 Å². The molecule has 0 amide bonds. The van der Waals surface area contributed by atoms with E-state index in [-0.39, 0.29) is 11.1 Å². The molecule has 4 nitrogen and oxygen atoms in total. The molecule has 19 heavy (non-hydrogen) atoms. The number of likely N-dealkylation sites (tertiary alicyclic amines) is 1. The highest BCUT2D eigenvalue weighted by molar-refractivity contribution is 4.96. The van der Waals surface area contributed by atoms with Crippen LogP contribution in [0.3, 0.4) is 0 Å². The number of nitrogens with two attached hydrogens (primary N) is 1. The Morgan fingerprint density at radius 2 is 2.00 bits per heavy atom. The first-order valence-electron chi connectivity index (χ1n) is 7.93. The number of hydrogen-bond acceptors (Lipinski definition) is 4. The quantitative estimate of drug-likeness (QED) is 0.764. The molecule has 3 N–H and O–H groups in total. The van der Waals surface area contributed by atoms with Gasteiger partial charge in [-0.15, -0.1) is 0 Å². The Morgan fingerprint density at radius 3 is 2.53 bits per heavy atom. The molecule has 1 atom stereocenters. The lowest BCUT2D eigenvalue weighted by Gasteiger charge is -2.43. The highest BCUT2D eigenvalue weighted by Gasteiger charge is 2.36. The highest BCUT2D eigenvalue weighted by atomic mass is 16.5. The van der Waals surface area contributed by atoms with Crippen LogP contribution in [-0.2, 0) is 4.74 Å². The number of nitrogens with zero attached hydrogens (tertiary/aromatic N) is 1. The van der Waals surface area contributed by atoms with E-state index in [0.29, 0.717) is 0 Å². The van der Waals surface area contributed by atoms with E-state index in [2.05, 4.69) is 24.1 Å². The summed E-state index contributed by atoms with van der Waals surface area (Å²) < 4.78 is 5.87. The zero-order valence-corrected chi connectivity index (χ0v) is 12.7. The summed E-state index contributed by atoms with van der Waals surface area (Å²) >= 11 is 0. The van der Waals surface area contributed by atoms with Crippen molar-refractivity contribution in [1.29, 1.82) is 0 Å². The predicted molar refractivity (Wildman–Crippen MR) is 79.3 cm³/mol. The molecule has 2 rings (SSSR count). The Bertz CT molecular complexity index is 269. The number of nitrogens with one attached hydrogen (secondary N) is 1. The van der Waals surface area contributed by atoms with Crippen LogP contribution in [0.2, 0.25) is 0 Å². The Morgan fingerprint density at radius 1 is 1.26 bits per heavy atom. The lowest BCUT2D eigenvalue weighted by Crippen LogP contribution is -2.60. The molecule has 4 heteroatoms. The molecule has 1 unspecified atom stereocenters. The topological polar surface area (TPSA) is 50.5 Å². The van der Waals surface area contributed by atoms with E-state index in [1.807, 2.05) is 0 Å². The summed E-state index contributed by atoms with van der Waals surface area (Å²) in [5.74, 6) is 0. The summed E-state index contributed by atoms with van der Waals surface area (Å²) in [6.45, 7) is 10.6. The SMILES string of the molecule is CCCN1CCC(CN)(NCC2(C)CCCO2)CC1. The third-order valence-corrected chi connectivity index (χ3v) is 4.88. The Hall–Kier alpha value is -0.160. The fraction of sp³-hybridized carbons (Fsp3) is 1.00. The Kier molecular flexibility index (Phi) is 5.23. The molecule has 0 aromatic rings. The Balaban J connectivity index is 1.82. The lowest BCUT2D eigenvalue weighted by atomic mass is 9.86. The second-order valence-electron chi connectivity index (χ2n) is 6.58. The highest BCUT2D eigenvalue weighted by Crippen LogP contribution is 2.27. The molecule has 2 aliphatic rings. The van der Waals surface area contributed by atoms with Crippen molar-refractivity contribution in [2.75, 3.05) is 39.3 Å². The maximum absolute atomic E-state index is 6.06. The van der Waals surface area contributed by atoms with Gasteiger partial charge < -0.3 is 20.7 Å². The van der Waals surface area contributed by atoms with Gasteiger partial charge >= 0.3 is 0 Å². The molecule has 0 aromatic carbocycles. The molecule has 0 saturated carbocycles. The molecule has 2 aliphatic heterocycles. The van der Waals surface area contributed by atoms with Gasteiger partial charge in [0, 0.05) is 25.2 Å². The maximum Gasteiger partial charge on any atom is 0.0779 e. The summed E-state index contributed by atoms with van der Waals surface area (Å²) in [6, 6.07) is 0. The van der Waals surface area contributed by atoms with Gasteiger partial charge in [0.15, 0.2) is 0 Å². The van der Waals surface area contributed by atoms with Crippen molar-refractivity contribution in [1.82, 2.24) is 10.2 Å². The van der Waals surface area contributed by atoms with Crippen LogP contribution in [0.1, 0.15) is 46.0 Å². The fourth-order valence-electron chi connectivity index (χ4n) is 3.32. The van der Waals surface area contributed by atoms with Crippen LogP contribution < -0.4 is 11.1 Å². The van der Waals surface area contributed by atoms with E-state index in [0.717, 1.165) is 19.7 Å². The Labute approximate surface area is 118 Å². The van der Waals surface area contributed by atoms with E-state index in [1.165, 1.54) is 51.7 Å². The first kappa shape index (κ1) is 15.2. The zero-order chi connectivity index (χ0) is 13.8. The molecule has 0 aromatic heterocycles. The van der Waals surface area contributed by atoms with Crippen molar-refractivity contribution in [2.24, 2.45) is 5.73 Å². The van der Waals surface area contributed by atoms with Crippen molar-refractivity contribution in [2.45, 2.75) is 57.1 Å². The van der Waals surface area contributed by atoms with Crippen molar-refractivity contribution < 1.29 is 4.74 Å². The molecule has 2 saturated heterocycles. The van der Waals surface area contributed by atoms with Crippen LogP contribution >= 0.6 is 0 Å². The van der Waals surface area contributed by atoms with Crippen molar-refractivity contribution in [3.63, 3.8) is 0 Å². The number of ether oxygens (including phenoxy) is 1. The second kappa shape index (κ2) is 6.53. The van der Waals surface area contributed by atoms with E-state index >= 15 is 0 Å². The van der Waals surface area contributed by atoms with Crippen LogP contribution in [0.5, 0.6) is 0 Å². The summed E-state index contributed by atoms with van der Waals surface area (Å²) in [6.07, 6.45) is 5.94. The second-order valence-corrected chi connectivity index (χ2v) is 6.58. The van der Waals surface area contributed by atoms with Crippen LogP contribution in [0.25, 0.3) is 0 Å². The molecule has 2 heterocycles. The van der Waals surface area contributed by atoms with Crippen molar-refractivity contribution in [3.05, 3.63) is 0 Å². The van der Waals surface area contributed by atoms with Crippen molar-refractivity contribution in [3.8, 4) is 0 Å². The molecule has 0 radical (unpaired) electrons. The summed E-state index contributed by atoms with van der Waals surface area (Å²) in [7, 11) is 0. The van der Waals surface area contributed by atoms with Gasteiger partial charge in [-0.1, -0.05) is 6.92 Å². The third kappa shape index (κ3) is 3.91. The smallest absolute Gasteiger partial charge is 0.0779 e. The van der Waals surface area contributed by atoms with Gasteiger partial charge in [0.2, 0.25) is 0 Å². The predicted octanol–water partition coefficient (Wildman–Crippen LogP) is 1.35. The largest absolute Gasteiger partial charge is 0.374 e. The van der Waals surface area contributed by atoms with Gasteiger partial charge in [0.1, 0.15) is 0 Å². The molecular weight excluding hydrogens is 238 g/mol. The standard InChI is InChI=1S/C15H31N3O/c1-3-8-18-9-6-15(12-16,7-10-18)17-13-14(2)5-4-11-19-14/h17H,3-13,16H2,1-2H3. The first-order valence-corrected chi connectivity index (χ1v) is 7.93. The number of piperidine rings is 1. The van der Waals surface area contributed by atoms with Gasteiger partial charge in [-0.25, -0.2) is 0 Å². The van der Waals surface area contributed by atoms with Crippen molar-refractivity contribution >= 4 is 0 Å². The summed E-state index contributed by atoms with van der Waals surface area (Å²) in [4.78, 5) is 2.56. The monoisotopic (exact) mass is 269 g/mol. The number of hydrogen-bond donors (Lipinski definition) is 2. The van der Waals surface area contributed by atoms with Gasteiger partial charge in [0.25, 0.3) is 0 Å². The average Bonchev–Trinajstić information content (AvgIpc) is 2.86. The van der Waals surface area contributed by atoms with E-state index < -0.39 is 0 Å². The van der Waals surface area contributed by atoms with Crippen LogP contribution in [-0.4, -0.2) is 55.4 Å². The molecule has 0 aliphatic carbocycles. The molecule has 0 bridgehead atoms. The minimum atomic E-state index is 0.0305. The van der Waals surface area contributed by atoms with E-state index in [4.69, 9.17) is 10.5 Å². The number of rotatable bonds is 6. The average molecular weight is 269 g/mol. The third-order valence-electron chi connectivity index (χ3n) is 4.88. The normalized spacial score (nSPS) is 31.7. The summed E-state index contributed by atoms with van der Waals surface area (Å²) in [5, 5.41) is 3.75. The molecule has 2 fully saturated rings. The maximum atomic E-state index is 6.06. The first-order chi connectivity index (χ1) is 9.11. The minimum Gasteiger partial charge on any atom is -0.374 e. The van der Waals surface area contributed by atoms with Crippen LogP contribution in [0.4, 0.5) is 0 Å². The zero-order valence-electron chi connectivity index (χ0n) is 12.7. The van der Waals surface area contributed by atoms with Gasteiger partial charge in [-0.3, -0.25) is 0 Å². The molecule has 112 valence electrons. The molecule has 0 spiro atoms. The van der Waals surface area contributed by atoms with Gasteiger partial charge in [-0.2, -0.15) is 0 Å². The van der Waals surface area contributed by atoms with Gasteiger partial charge in [0.05, 0.1) is 5.60 Å². The molecular formula is C15H31N3O. The van der Waals surface area contributed by atoms with Crippen LogP contribution in [0.15, 0.2) is 0 Å². The van der Waals surface area contributed by atoms with Gasteiger partial charge in [-0.05, 0) is 58.7 Å². The van der Waals surface area contributed by atoms with E-state index in [1.54, 1.807) is 0 Å². The minimum absolute atomic E-state index is 0.0305. The van der Waals surface area contributed by atoms with E-state index in [9.17, 15) is 0 Å². The summed E-state index contributed by atoms with van der Waals surface area (Å²) in [5.41, 5.74) is 6.23. The lowest BCUT2D eigenvalue weighted by molar-refractivity contribution is 0.00939. The fourth-order valence-corrected chi connectivity index (χ4v) is 3.32.